The number of ether oxygens (including phenoxy) is 1. The minimum atomic E-state index is -1.27. The maximum atomic E-state index is 11.9. The van der Waals surface area contributed by atoms with E-state index in [0.29, 0.717) is 0 Å². The first kappa shape index (κ1) is 17.8. The third kappa shape index (κ3) is 4.34. The topological polar surface area (TPSA) is 146 Å². The van der Waals surface area contributed by atoms with Crippen molar-refractivity contribution >= 4 is 28.8 Å². The summed E-state index contributed by atoms with van der Waals surface area (Å²) in [6.45, 7) is 0.613. The van der Waals surface area contributed by atoms with Gasteiger partial charge >= 0.3 is 5.97 Å². The lowest BCUT2D eigenvalue weighted by Crippen LogP contribution is -2.25. The van der Waals surface area contributed by atoms with Crippen molar-refractivity contribution < 1.29 is 19.2 Å². The highest BCUT2D eigenvalue weighted by atomic mass is 16.6. The van der Waals surface area contributed by atoms with Gasteiger partial charge in [0, 0.05) is 18.8 Å². The summed E-state index contributed by atoms with van der Waals surface area (Å²) in [5, 5.41) is 29.6. The number of nitrogens with zero attached hydrogens (tertiary/aromatic N) is 2. The third-order valence-electron chi connectivity index (χ3n) is 2.93. The Morgan fingerprint density at radius 3 is 2.65 bits per heavy atom. The molecule has 0 heterocycles. The average Bonchev–Trinajstić information content (AvgIpc) is 2.52. The smallest absolute Gasteiger partial charge is 0.338 e. The molecule has 1 aromatic rings. The Hall–Kier alpha value is -3.28. The van der Waals surface area contributed by atoms with Crippen molar-refractivity contribution in [2.45, 2.75) is 6.92 Å². The summed E-state index contributed by atoms with van der Waals surface area (Å²) in [6, 6.07) is 5.33. The van der Waals surface area contributed by atoms with Crippen LogP contribution in [0.1, 0.15) is 17.3 Å². The lowest BCUT2D eigenvalue weighted by atomic mass is 10.0. The van der Waals surface area contributed by atoms with Crippen LogP contribution < -0.4 is 5.32 Å². The Morgan fingerprint density at radius 2 is 2.17 bits per heavy atom. The number of nitrogens with one attached hydrogen (secondary N) is 2. The van der Waals surface area contributed by atoms with Gasteiger partial charge in [-0.2, -0.15) is 5.26 Å². The lowest BCUT2D eigenvalue weighted by molar-refractivity contribution is -0.384. The second-order valence-electron chi connectivity index (χ2n) is 4.53. The summed E-state index contributed by atoms with van der Waals surface area (Å²) < 4.78 is 4.75. The number of rotatable bonds is 7. The molecule has 0 aliphatic rings. The molecule has 1 rings (SSSR count). The molecule has 9 nitrogen and oxygen atoms in total. The summed E-state index contributed by atoms with van der Waals surface area (Å²) in [5.74, 6) is -2.93. The molecule has 2 N–H and O–H groups in total. The highest BCUT2D eigenvalue weighted by Crippen LogP contribution is 2.25. The Morgan fingerprint density at radius 1 is 1.52 bits per heavy atom. The van der Waals surface area contributed by atoms with Gasteiger partial charge in [0.05, 0.1) is 16.6 Å². The molecule has 9 heteroatoms. The largest absolute Gasteiger partial charge is 0.454 e. The molecule has 0 amide bonds. The van der Waals surface area contributed by atoms with Crippen LogP contribution in [0.2, 0.25) is 0 Å². The van der Waals surface area contributed by atoms with E-state index in [4.69, 9.17) is 15.4 Å². The minimum Gasteiger partial charge on any atom is -0.454 e. The zero-order valence-corrected chi connectivity index (χ0v) is 12.5. The molecular weight excluding hydrogens is 304 g/mol. The molecule has 1 atom stereocenters. The van der Waals surface area contributed by atoms with Gasteiger partial charge in [0.2, 0.25) is 0 Å². The summed E-state index contributed by atoms with van der Waals surface area (Å²) in [6.07, 6.45) is 0. The van der Waals surface area contributed by atoms with Crippen molar-refractivity contribution in [1.29, 1.82) is 10.7 Å². The van der Waals surface area contributed by atoms with Crippen LogP contribution in [0.3, 0.4) is 0 Å². The van der Waals surface area contributed by atoms with Crippen LogP contribution in [0.25, 0.3) is 0 Å². The molecule has 1 unspecified atom stereocenters. The SMILES string of the molecule is CNc1ccc(C(=O)OCC(=O)C(C#N)C(C)=N)cc1[N+](=O)[O-]. The zero-order chi connectivity index (χ0) is 17.6. The first-order valence-corrected chi connectivity index (χ1v) is 6.42. The number of anilines is 1. The maximum Gasteiger partial charge on any atom is 0.338 e. The van der Waals surface area contributed by atoms with Gasteiger partial charge in [-0.05, 0) is 19.1 Å². The fraction of sp³-hybridized carbons (Fsp3) is 0.286. The average molecular weight is 318 g/mol. The summed E-state index contributed by atoms with van der Waals surface area (Å²) in [4.78, 5) is 33.8. The van der Waals surface area contributed by atoms with Gasteiger partial charge in [-0.15, -0.1) is 0 Å². The molecule has 0 aliphatic heterocycles. The van der Waals surface area contributed by atoms with Crippen molar-refractivity contribution in [3.05, 3.63) is 33.9 Å². The monoisotopic (exact) mass is 318 g/mol. The van der Waals surface area contributed by atoms with Crippen molar-refractivity contribution in [2.24, 2.45) is 5.92 Å². The van der Waals surface area contributed by atoms with Crippen LogP contribution in [0.15, 0.2) is 18.2 Å². The molecule has 0 saturated heterocycles. The zero-order valence-electron chi connectivity index (χ0n) is 12.5. The van der Waals surface area contributed by atoms with Gasteiger partial charge in [0.15, 0.2) is 12.4 Å². The number of carbonyl (C=O) groups is 2. The Bertz CT molecular complexity index is 708. The van der Waals surface area contributed by atoms with E-state index in [9.17, 15) is 19.7 Å². The molecule has 0 aromatic heterocycles. The van der Waals surface area contributed by atoms with E-state index in [1.807, 2.05) is 0 Å². The number of nitriles is 1. The number of benzene rings is 1. The van der Waals surface area contributed by atoms with Crippen LogP contribution in [-0.2, 0) is 9.53 Å². The van der Waals surface area contributed by atoms with E-state index >= 15 is 0 Å². The van der Waals surface area contributed by atoms with E-state index < -0.39 is 29.2 Å². The molecule has 0 bridgehead atoms. The molecular formula is C14H14N4O5. The second-order valence-corrected chi connectivity index (χ2v) is 4.53. The lowest BCUT2D eigenvalue weighted by Gasteiger charge is -2.08. The standard InChI is InChI=1S/C14H14N4O5/c1-8(16)10(6-15)13(19)7-23-14(20)9-3-4-11(17-2)12(5-9)18(21)22/h3-5,10,16-17H,7H2,1-2H3. The molecule has 0 radical (unpaired) electrons. The fourth-order valence-electron chi connectivity index (χ4n) is 1.73. The second kappa shape index (κ2) is 7.65. The normalized spacial score (nSPS) is 11.0. The van der Waals surface area contributed by atoms with Crippen LogP contribution in [0.4, 0.5) is 11.4 Å². The Balaban J connectivity index is 2.85. The molecule has 120 valence electrons. The molecule has 0 aliphatic carbocycles. The van der Waals surface area contributed by atoms with Gasteiger partial charge in [-0.3, -0.25) is 14.9 Å². The van der Waals surface area contributed by atoms with Crippen LogP contribution in [0, 0.1) is 32.8 Å². The first-order chi connectivity index (χ1) is 10.8. The van der Waals surface area contributed by atoms with E-state index in [1.54, 1.807) is 6.07 Å². The number of esters is 1. The number of Topliss-reactive ketones (excluding diaryl/α,β-unsaturated/α-hetero) is 1. The molecule has 0 fully saturated rings. The highest BCUT2D eigenvalue weighted by molar-refractivity contribution is 6.06. The number of carbonyl (C=O) groups excluding carboxylic acids is 2. The number of nitro groups is 1. The first-order valence-electron chi connectivity index (χ1n) is 6.42. The van der Waals surface area contributed by atoms with Crippen molar-refractivity contribution in [3.8, 4) is 6.07 Å². The number of nitro benzene ring substituents is 1. The van der Waals surface area contributed by atoms with Crippen molar-refractivity contribution in [1.82, 2.24) is 0 Å². The quantitative estimate of drug-likeness (QED) is 0.335. The fourth-order valence-corrected chi connectivity index (χ4v) is 1.73. The molecule has 0 spiro atoms. The van der Waals surface area contributed by atoms with E-state index in [-0.39, 0.29) is 22.6 Å². The molecule has 23 heavy (non-hydrogen) atoms. The van der Waals surface area contributed by atoms with Gasteiger partial charge in [-0.25, -0.2) is 4.79 Å². The van der Waals surface area contributed by atoms with Gasteiger partial charge in [0.25, 0.3) is 5.69 Å². The van der Waals surface area contributed by atoms with Crippen LogP contribution in [-0.4, -0.2) is 36.0 Å². The number of hydrogen-bond donors (Lipinski definition) is 2. The summed E-state index contributed by atoms with van der Waals surface area (Å²) in [7, 11) is 1.50. The van der Waals surface area contributed by atoms with E-state index in [2.05, 4.69) is 5.32 Å². The van der Waals surface area contributed by atoms with Crippen molar-refractivity contribution in [3.63, 3.8) is 0 Å². The van der Waals surface area contributed by atoms with Gasteiger partial charge in [-0.1, -0.05) is 0 Å². The highest BCUT2D eigenvalue weighted by Gasteiger charge is 2.23. The summed E-state index contributed by atoms with van der Waals surface area (Å²) in [5.41, 5.74) is -0.323. The third-order valence-corrected chi connectivity index (χ3v) is 2.93. The maximum absolute atomic E-state index is 11.9. The predicted molar refractivity (Wildman–Crippen MR) is 80.4 cm³/mol. The Kier molecular flexibility index (Phi) is 5.91. The molecule has 0 saturated carbocycles. The summed E-state index contributed by atoms with van der Waals surface area (Å²) >= 11 is 0. The van der Waals surface area contributed by atoms with Gasteiger partial charge < -0.3 is 15.5 Å². The Labute approximate surface area is 131 Å². The predicted octanol–water partition coefficient (Wildman–Crippen LogP) is 1.54. The van der Waals surface area contributed by atoms with Gasteiger partial charge in [0.1, 0.15) is 11.6 Å². The molecule has 1 aromatic carbocycles. The van der Waals surface area contributed by atoms with Crippen LogP contribution >= 0.6 is 0 Å². The number of ketones is 1. The van der Waals surface area contributed by atoms with E-state index in [1.165, 1.54) is 26.1 Å². The van der Waals surface area contributed by atoms with E-state index in [0.717, 1.165) is 6.07 Å². The minimum absolute atomic E-state index is 0.0939. The number of hydrogen-bond acceptors (Lipinski definition) is 8. The van der Waals surface area contributed by atoms with Crippen LogP contribution in [0.5, 0.6) is 0 Å². The van der Waals surface area contributed by atoms with Crippen molar-refractivity contribution in [2.75, 3.05) is 19.0 Å².